The van der Waals surface area contributed by atoms with Gasteiger partial charge in [0.05, 0.1) is 6.42 Å². The predicted molar refractivity (Wildman–Crippen MR) is 118 cm³/mol. The van der Waals surface area contributed by atoms with E-state index in [1.54, 1.807) is 6.07 Å². The van der Waals surface area contributed by atoms with Gasteiger partial charge in [0.25, 0.3) is 5.91 Å². The first-order chi connectivity index (χ1) is 15.4. The van der Waals surface area contributed by atoms with Crippen LogP contribution in [-0.4, -0.2) is 34.6 Å². The van der Waals surface area contributed by atoms with Crippen molar-refractivity contribution >= 4 is 23.6 Å². The fourth-order valence-corrected chi connectivity index (χ4v) is 4.30. The van der Waals surface area contributed by atoms with Crippen LogP contribution in [0.4, 0.5) is 0 Å². The summed E-state index contributed by atoms with van der Waals surface area (Å²) in [7, 11) is 0. The van der Waals surface area contributed by atoms with Crippen LogP contribution in [0.15, 0.2) is 42.5 Å². The summed E-state index contributed by atoms with van der Waals surface area (Å²) in [6, 6.07) is 13.0. The van der Waals surface area contributed by atoms with E-state index < -0.39 is 11.9 Å². The number of fused-ring (bicyclic) bond motifs is 1. The van der Waals surface area contributed by atoms with Gasteiger partial charge in [0.15, 0.2) is 0 Å². The lowest BCUT2D eigenvalue weighted by molar-refractivity contribution is -0.137. The molecular formula is C25H27N3O4. The van der Waals surface area contributed by atoms with E-state index in [-0.39, 0.29) is 24.1 Å². The highest BCUT2D eigenvalue weighted by molar-refractivity contribution is 6.05. The lowest BCUT2D eigenvalue weighted by Crippen LogP contribution is -2.52. The molecule has 0 aliphatic carbocycles. The molecule has 32 heavy (non-hydrogen) atoms. The van der Waals surface area contributed by atoms with Gasteiger partial charge in [-0.1, -0.05) is 49.7 Å². The molecule has 2 aliphatic heterocycles. The van der Waals surface area contributed by atoms with Crippen LogP contribution in [0.25, 0.3) is 0 Å². The molecule has 2 N–H and O–H groups in total. The van der Waals surface area contributed by atoms with Gasteiger partial charge in [0, 0.05) is 25.1 Å². The zero-order chi connectivity index (χ0) is 22.7. The third-order valence-electron chi connectivity index (χ3n) is 6.00. The Morgan fingerprint density at radius 3 is 2.50 bits per heavy atom. The molecule has 2 aromatic rings. The predicted octanol–water partition coefficient (Wildman–Crippen LogP) is 2.26. The lowest BCUT2D eigenvalue weighted by atomic mass is 10.0. The Balaban J connectivity index is 1.34. The van der Waals surface area contributed by atoms with Crippen molar-refractivity contribution in [2.75, 3.05) is 0 Å². The molecule has 1 atom stereocenters. The highest BCUT2D eigenvalue weighted by Gasteiger charge is 2.39. The number of carbonyl (C=O) groups excluding carboxylic acids is 4. The second-order valence-corrected chi connectivity index (χ2v) is 8.41. The second kappa shape index (κ2) is 9.34. The van der Waals surface area contributed by atoms with Gasteiger partial charge < -0.3 is 10.2 Å². The molecule has 166 valence electrons. The van der Waals surface area contributed by atoms with Crippen LogP contribution < -0.4 is 10.6 Å². The Morgan fingerprint density at radius 2 is 1.78 bits per heavy atom. The third-order valence-corrected chi connectivity index (χ3v) is 6.00. The Kier molecular flexibility index (Phi) is 6.35. The van der Waals surface area contributed by atoms with Gasteiger partial charge in [-0.15, -0.1) is 0 Å². The molecule has 2 aliphatic rings. The molecule has 0 radical (unpaired) electrons. The van der Waals surface area contributed by atoms with Gasteiger partial charge in [-0.25, -0.2) is 0 Å². The van der Waals surface area contributed by atoms with E-state index in [9.17, 15) is 19.2 Å². The van der Waals surface area contributed by atoms with Crippen LogP contribution in [0.1, 0.15) is 58.8 Å². The third kappa shape index (κ3) is 4.72. The number of nitrogens with one attached hydrogen (secondary N) is 2. The summed E-state index contributed by atoms with van der Waals surface area (Å²) in [6.07, 6.45) is 3.02. The minimum atomic E-state index is -0.625. The zero-order valence-electron chi connectivity index (χ0n) is 18.1. The maximum Gasteiger partial charge on any atom is 0.255 e. The molecule has 0 aromatic heterocycles. The van der Waals surface area contributed by atoms with Gasteiger partial charge in [-0.3, -0.25) is 24.5 Å². The molecule has 1 fully saturated rings. The van der Waals surface area contributed by atoms with Crippen molar-refractivity contribution in [1.29, 1.82) is 0 Å². The summed E-state index contributed by atoms with van der Waals surface area (Å²) in [6.45, 7) is 2.83. The number of carbonyl (C=O) groups is 4. The highest BCUT2D eigenvalue weighted by atomic mass is 16.2. The van der Waals surface area contributed by atoms with E-state index in [0.717, 1.165) is 29.5 Å². The number of nitrogens with zero attached hydrogens (tertiary/aromatic N) is 1. The normalized spacial score (nSPS) is 17.8. The Labute approximate surface area is 187 Å². The maximum atomic E-state index is 12.8. The first-order valence-corrected chi connectivity index (χ1v) is 11.1. The molecule has 1 saturated heterocycles. The van der Waals surface area contributed by atoms with Crippen molar-refractivity contribution in [2.24, 2.45) is 0 Å². The number of piperidine rings is 1. The van der Waals surface area contributed by atoms with E-state index in [2.05, 4.69) is 29.7 Å². The number of benzene rings is 2. The van der Waals surface area contributed by atoms with Crippen LogP contribution in [-0.2, 0) is 40.3 Å². The van der Waals surface area contributed by atoms with Crippen molar-refractivity contribution in [3.63, 3.8) is 0 Å². The quantitative estimate of drug-likeness (QED) is 0.655. The van der Waals surface area contributed by atoms with Crippen molar-refractivity contribution in [3.8, 4) is 0 Å². The first-order valence-electron chi connectivity index (χ1n) is 11.1. The number of amides is 4. The fourth-order valence-electron chi connectivity index (χ4n) is 4.30. The van der Waals surface area contributed by atoms with Crippen molar-refractivity contribution in [1.82, 2.24) is 15.5 Å². The Hall–Kier alpha value is -3.48. The minimum absolute atomic E-state index is 0.0602. The maximum absolute atomic E-state index is 12.8. The highest BCUT2D eigenvalue weighted by Crippen LogP contribution is 2.28. The Bertz CT molecular complexity index is 1060. The first kappa shape index (κ1) is 21.7. The number of aryl methyl sites for hydroxylation is 1. The monoisotopic (exact) mass is 433 g/mol. The summed E-state index contributed by atoms with van der Waals surface area (Å²) in [5.41, 5.74) is 4.54. The minimum Gasteiger partial charge on any atom is -0.352 e. The van der Waals surface area contributed by atoms with Gasteiger partial charge in [0.2, 0.25) is 17.7 Å². The molecule has 2 aromatic carbocycles. The summed E-state index contributed by atoms with van der Waals surface area (Å²) in [4.78, 5) is 50.2. The average molecular weight is 434 g/mol. The van der Waals surface area contributed by atoms with Gasteiger partial charge in [-0.2, -0.15) is 0 Å². The topological polar surface area (TPSA) is 95.6 Å². The number of imide groups is 1. The van der Waals surface area contributed by atoms with Crippen LogP contribution in [0.5, 0.6) is 0 Å². The van der Waals surface area contributed by atoms with Crippen molar-refractivity contribution < 1.29 is 19.2 Å². The number of hydrogen-bond acceptors (Lipinski definition) is 4. The average Bonchev–Trinajstić information content (AvgIpc) is 3.09. The molecule has 7 heteroatoms. The van der Waals surface area contributed by atoms with Gasteiger partial charge in [-0.05, 0) is 41.2 Å². The van der Waals surface area contributed by atoms with Crippen molar-refractivity contribution in [2.45, 2.75) is 58.2 Å². The van der Waals surface area contributed by atoms with Crippen LogP contribution in [0.3, 0.4) is 0 Å². The molecule has 7 nitrogen and oxygen atoms in total. The summed E-state index contributed by atoms with van der Waals surface area (Å²) >= 11 is 0. The molecule has 2 heterocycles. The van der Waals surface area contributed by atoms with Gasteiger partial charge in [0.1, 0.15) is 6.04 Å². The molecule has 4 rings (SSSR count). The fraction of sp³-hybridized carbons (Fsp3) is 0.360. The van der Waals surface area contributed by atoms with Crippen LogP contribution in [0.2, 0.25) is 0 Å². The van der Waals surface area contributed by atoms with E-state index in [1.807, 2.05) is 24.3 Å². The molecular weight excluding hydrogens is 406 g/mol. The molecule has 4 amide bonds. The van der Waals surface area contributed by atoms with E-state index in [0.29, 0.717) is 31.5 Å². The largest absolute Gasteiger partial charge is 0.352 e. The molecule has 1 unspecified atom stereocenters. The van der Waals surface area contributed by atoms with E-state index in [4.69, 9.17) is 0 Å². The molecule has 0 spiro atoms. The summed E-state index contributed by atoms with van der Waals surface area (Å²) in [5.74, 6) is -0.977. The van der Waals surface area contributed by atoms with E-state index >= 15 is 0 Å². The standard InChI is InChI=1S/C25H27N3O4/c1-2-3-16-4-6-17(7-5-16)13-23(30)26-14-18-8-9-20-19(12-18)15-28(25(20)32)21-10-11-22(29)27-24(21)31/h4-9,12,21H,2-3,10-11,13-15H2,1H3,(H,26,30)(H,27,29,31). The zero-order valence-corrected chi connectivity index (χ0v) is 18.1. The van der Waals surface area contributed by atoms with Crippen molar-refractivity contribution in [3.05, 3.63) is 70.3 Å². The Morgan fingerprint density at radius 1 is 1.06 bits per heavy atom. The second-order valence-electron chi connectivity index (χ2n) is 8.41. The summed E-state index contributed by atoms with van der Waals surface area (Å²) in [5, 5.41) is 5.24. The molecule has 0 bridgehead atoms. The number of rotatable bonds is 7. The molecule has 0 saturated carbocycles. The lowest BCUT2D eigenvalue weighted by Gasteiger charge is -2.29. The summed E-state index contributed by atoms with van der Waals surface area (Å²) < 4.78 is 0. The SMILES string of the molecule is CCCc1ccc(CC(=O)NCc2ccc3c(c2)CN(C2CCC(=O)NC2=O)C3=O)cc1. The van der Waals surface area contributed by atoms with Crippen LogP contribution in [0, 0.1) is 0 Å². The van der Waals surface area contributed by atoms with Gasteiger partial charge >= 0.3 is 0 Å². The van der Waals surface area contributed by atoms with E-state index in [1.165, 1.54) is 10.5 Å². The smallest absolute Gasteiger partial charge is 0.255 e. The van der Waals surface area contributed by atoms with Crippen LogP contribution >= 0.6 is 0 Å². The number of hydrogen-bond donors (Lipinski definition) is 2.